The molecule has 2 unspecified atom stereocenters. The second-order valence-corrected chi connectivity index (χ2v) is 3.66. The number of allylic oxidation sites excluding steroid dienone is 2. The van der Waals surface area contributed by atoms with E-state index in [1.54, 1.807) is 0 Å². The van der Waals surface area contributed by atoms with Gasteiger partial charge in [0.05, 0.1) is 7.11 Å². The summed E-state index contributed by atoms with van der Waals surface area (Å²) in [5.41, 5.74) is -2.70. The van der Waals surface area contributed by atoms with Gasteiger partial charge in [0.1, 0.15) is 5.76 Å². The Labute approximate surface area is 86.0 Å². The first-order chi connectivity index (χ1) is 6.79. The zero-order chi connectivity index (χ0) is 11.7. The minimum absolute atomic E-state index is 0.117. The van der Waals surface area contributed by atoms with Crippen LogP contribution in [0.15, 0.2) is 24.0 Å². The van der Waals surface area contributed by atoms with Gasteiger partial charge < -0.3 is 9.84 Å². The van der Waals surface area contributed by atoms with Gasteiger partial charge in [-0.2, -0.15) is 13.2 Å². The largest absolute Gasteiger partial charge is 0.497 e. The molecule has 0 amide bonds. The molecule has 2 atom stereocenters. The van der Waals surface area contributed by atoms with E-state index in [2.05, 4.69) is 0 Å². The first kappa shape index (κ1) is 12.1. The van der Waals surface area contributed by atoms with E-state index >= 15 is 0 Å². The van der Waals surface area contributed by atoms with Crippen LogP contribution in [-0.4, -0.2) is 24.0 Å². The molecule has 0 saturated carbocycles. The Balaban J connectivity index is 2.78. The van der Waals surface area contributed by atoms with Crippen LogP contribution in [-0.2, 0) is 4.74 Å². The second kappa shape index (κ2) is 3.89. The predicted octanol–water partition coefficient (Wildman–Crippen LogP) is 2.41. The highest BCUT2D eigenvalue weighted by atomic mass is 19.4. The lowest BCUT2D eigenvalue weighted by Crippen LogP contribution is -2.48. The van der Waals surface area contributed by atoms with E-state index in [0.29, 0.717) is 5.76 Å². The van der Waals surface area contributed by atoms with Gasteiger partial charge in [-0.25, -0.2) is 0 Å². The Morgan fingerprint density at radius 1 is 1.47 bits per heavy atom. The zero-order valence-corrected chi connectivity index (χ0v) is 8.51. The molecule has 2 nitrogen and oxygen atoms in total. The van der Waals surface area contributed by atoms with E-state index in [4.69, 9.17) is 4.74 Å². The lowest BCUT2D eigenvalue weighted by atomic mass is 9.83. The van der Waals surface area contributed by atoms with Crippen LogP contribution >= 0.6 is 0 Å². The molecule has 1 rings (SSSR count). The smallest absolute Gasteiger partial charge is 0.417 e. The van der Waals surface area contributed by atoms with E-state index < -0.39 is 17.7 Å². The molecular formula is C10H13F3O2. The van der Waals surface area contributed by atoms with Crippen LogP contribution in [0.5, 0.6) is 0 Å². The number of rotatable bonds is 2. The van der Waals surface area contributed by atoms with Crippen molar-refractivity contribution in [2.45, 2.75) is 25.1 Å². The molecule has 0 spiro atoms. The van der Waals surface area contributed by atoms with Crippen molar-refractivity contribution in [1.82, 2.24) is 0 Å². The number of halogens is 3. The van der Waals surface area contributed by atoms with Gasteiger partial charge in [0.25, 0.3) is 0 Å². The fourth-order valence-corrected chi connectivity index (χ4v) is 1.38. The van der Waals surface area contributed by atoms with Crippen LogP contribution in [0, 0.1) is 5.92 Å². The number of hydrogen-bond donors (Lipinski definition) is 1. The summed E-state index contributed by atoms with van der Waals surface area (Å²) in [5, 5.41) is 9.39. The van der Waals surface area contributed by atoms with Crippen molar-refractivity contribution in [2.24, 2.45) is 5.92 Å². The minimum Gasteiger partial charge on any atom is -0.497 e. The maximum Gasteiger partial charge on any atom is 0.417 e. The Kier molecular flexibility index (Phi) is 3.13. The average molecular weight is 222 g/mol. The van der Waals surface area contributed by atoms with Crippen molar-refractivity contribution in [3.05, 3.63) is 24.0 Å². The summed E-state index contributed by atoms with van der Waals surface area (Å²) < 4.78 is 42.2. The molecule has 0 aromatic carbocycles. The van der Waals surface area contributed by atoms with Crippen molar-refractivity contribution in [2.75, 3.05) is 7.11 Å². The van der Waals surface area contributed by atoms with Crippen molar-refractivity contribution < 1.29 is 23.0 Å². The van der Waals surface area contributed by atoms with Gasteiger partial charge in [0, 0.05) is 5.92 Å². The third-order valence-electron chi connectivity index (χ3n) is 2.60. The first-order valence-electron chi connectivity index (χ1n) is 4.50. The summed E-state index contributed by atoms with van der Waals surface area (Å²) in [6, 6.07) is 0. The molecular weight excluding hydrogens is 209 g/mol. The number of methoxy groups -OCH3 is 1. The topological polar surface area (TPSA) is 29.5 Å². The molecule has 0 radical (unpaired) electrons. The van der Waals surface area contributed by atoms with E-state index in [0.717, 1.165) is 6.92 Å². The van der Waals surface area contributed by atoms with Gasteiger partial charge in [-0.1, -0.05) is 6.08 Å². The van der Waals surface area contributed by atoms with Crippen LogP contribution in [0.2, 0.25) is 0 Å². The molecule has 0 saturated heterocycles. The average Bonchev–Trinajstić information content (AvgIpc) is 2.16. The number of ether oxygens (including phenoxy) is 1. The maximum absolute atomic E-state index is 12.5. The molecule has 15 heavy (non-hydrogen) atoms. The molecule has 1 aliphatic rings. The highest BCUT2D eigenvalue weighted by Gasteiger charge is 2.53. The number of aliphatic hydroxyl groups is 1. The Hall–Kier alpha value is -0.970. The monoisotopic (exact) mass is 222 g/mol. The van der Waals surface area contributed by atoms with Gasteiger partial charge in [-0.05, 0) is 25.5 Å². The molecule has 1 N–H and O–H groups in total. The van der Waals surface area contributed by atoms with E-state index in [-0.39, 0.29) is 6.42 Å². The molecule has 1 aliphatic carbocycles. The fourth-order valence-electron chi connectivity index (χ4n) is 1.38. The van der Waals surface area contributed by atoms with Gasteiger partial charge in [0.2, 0.25) is 0 Å². The zero-order valence-electron chi connectivity index (χ0n) is 8.51. The Morgan fingerprint density at radius 3 is 2.40 bits per heavy atom. The standard InChI is InChI=1S/C10H13F3O2/c1-9(14,10(11,12)13)7-3-5-8(15-2)6-4-7/h3,5-7,14H,4H2,1-2H3. The summed E-state index contributed by atoms with van der Waals surface area (Å²) in [6.07, 6.45) is -0.210. The van der Waals surface area contributed by atoms with Crippen LogP contribution < -0.4 is 0 Å². The Morgan fingerprint density at radius 2 is 2.07 bits per heavy atom. The third-order valence-corrected chi connectivity index (χ3v) is 2.60. The predicted molar refractivity (Wildman–Crippen MR) is 49.0 cm³/mol. The highest BCUT2D eigenvalue weighted by Crippen LogP contribution is 2.39. The second-order valence-electron chi connectivity index (χ2n) is 3.66. The molecule has 0 fully saturated rings. The molecule has 0 aliphatic heterocycles. The molecule has 0 heterocycles. The van der Waals surface area contributed by atoms with Gasteiger partial charge in [-0.3, -0.25) is 0 Å². The van der Waals surface area contributed by atoms with Crippen molar-refractivity contribution in [3.63, 3.8) is 0 Å². The van der Waals surface area contributed by atoms with Crippen molar-refractivity contribution in [1.29, 1.82) is 0 Å². The van der Waals surface area contributed by atoms with E-state index in [1.165, 1.54) is 25.3 Å². The van der Waals surface area contributed by atoms with E-state index in [1.807, 2.05) is 0 Å². The number of alkyl halides is 3. The maximum atomic E-state index is 12.5. The van der Waals surface area contributed by atoms with E-state index in [9.17, 15) is 18.3 Å². The number of hydrogen-bond acceptors (Lipinski definition) is 2. The summed E-state index contributed by atoms with van der Waals surface area (Å²) >= 11 is 0. The molecule has 5 heteroatoms. The summed E-state index contributed by atoms with van der Waals surface area (Å²) in [5.74, 6) is -0.444. The summed E-state index contributed by atoms with van der Waals surface area (Å²) in [6.45, 7) is 0.785. The lowest BCUT2D eigenvalue weighted by molar-refractivity contribution is -0.266. The summed E-state index contributed by atoms with van der Waals surface area (Å²) in [7, 11) is 1.44. The normalized spacial score (nSPS) is 25.7. The highest BCUT2D eigenvalue weighted by molar-refractivity contribution is 5.21. The van der Waals surface area contributed by atoms with Crippen LogP contribution in [0.25, 0.3) is 0 Å². The molecule has 0 aromatic heterocycles. The molecule has 0 bridgehead atoms. The van der Waals surface area contributed by atoms with Crippen LogP contribution in [0.4, 0.5) is 13.2 Å². The fraction of sp³-hybridized carbons (Fsp3) is 0.600. The minimum atomic E-state index is -4.62. The van der Waals surface area contributed by atoms with Gasteiger partial charge in [0.15, 0.2) is 5.60 Å². The van der Waals surface area contributed by atoms with Gasteiger partial charge in [-0.15, -0.1) is 0 Å². The van der Waals surface area contributed by atoms with Crippen LogP contribution in [0.3, 0.4) is 0 Å². The molecule has 0 aromatic rings. The molecule has 86 valence electrons. The first-order valence-corrected chi connectivity index (χ1v) is 4.50. The quantitative estimate of drug-likeness (QED) is 0.777. The van der Waals surface area contributed by atoms with Gasteiger partial charge >= 0.3 is 6.18 Å². The van der Waals surface area contributed by atoms with Crippen molar-refractivity contribution in [3.8, 4) is 0 Å². The Bertz CT molecular complexity index is 290. The summed E-state index contributed by atoms with van der Waals surface area (Å²) in [4.78, 5) is 0. The van der Waals surface area contributed by atoms with Crippen LogP contribution in [0.1, 0.15) is 13.3 Å². The third kappa shape index (κ3) is 2.34. The van der Waals surface area contributed by atoms with Crippen molar-refractivity contribution >= 4 is 0 Å². The lowest BCUT2D eigenvalue weighted by Gasteiger charge is -2.33. The SMILES string of the molecule is COC1=CCC(C(C)(O)C(F)(F)F)C=C1.